The van der Waals surface area contributed by atoms with Crippen LogP contribution in [0.5, 0.6) is 0 Å². The lowest BCUT2D eigenvalue weighted by atomic mass is 10.1. The van der Waals surface area contributed by atoms with Gasteiger partial charge in [-0.2, -0.15) is 0 Å². The molecule has 1 unspecified atom stereocenters. The van der Waals surface area contributed by atoms with E-state index in [2.05, 4.69) is 17.3 Å². The van der Waals surface area contributed by atoms with Crippen LogP contribution in [0, 0.1) is 17.0 Å². The summed E-state index contributed by atoms with van der Waals surface area (Å²) in [4.78, 5) is 12.9. The fourth-order valence-corrected chi connectivity index (χ4v) is 2.48. The SMILES string of the molecule is Cc1c(NCC2CCCN2C)cccc1[N+](=O)[O-]. The summed E-state index contributed by atoms with van der Waals surface area (Å²) in [5, 5.41) is 14.2. The molecule has 1 aliphatic rings. The Morgan fingerprint density at radius 1 is 1.56 bits per heavy atom. The average Bonchev–Trinajstić information content (AvgIpc) is 2.73. The van der Waals surface area contributed by atoms with Gasteiger partial charge in [-0.1, -0.05) is 6.07 Å². The highest BCUT2D eigenvalue weighted by Gasteiger charge is 2.21. The standard InChI is InChI=1S/C13H19N3O2/c1-10-12(6-3-7-13(10)16(17)18)14-9-11-5-4-8-15(11)2/h3,6-7,11,14H,4-5,8-9H2,1-2H3. The number of likely N-dealkylation sites (N-methyl/N-ethyl adjacent to an activating group) is 1. The Hall–Kier alpha value is -1.62. The predicted molar refractivity (Wildman–Crippen MR) is 72.0 cm³/mol. The maximum atomic E-state index is 10.9. The molecule has 1 atom stereocenters. The van der Waals surface area contributed by atoms with Gasteiger partial charge in [0, 0.05) is 29.9 Å². The van der Waals surface area contributed by atoms with Gasteiger partial charge in [-0.25, -0.2) is 0 Å². The van der Waals surface area contributed by atoms with Crippen molar-refractivity contribution in [2.24, 2.45) is 0 Å². The fourth-order valence-electron chi connectivity index (χ4n) is 2.48. The summed E-state index contributed by atoms with van der Waals surface area (Å²) in [6.45, 7) is 3.78. The van der Waals surface area contributed by atoms with E-state index in [1.165, 1.54) is 12.8 Å². The number of likely N-dealkylation sites (tertiary alicyclic amines) is 1. The van der Waals surface area contributed by atoms with E-state index in [4.69, 9.17) is 0 Å². The highest BCUT2D eigenvalue weighted by molar-refractivity contribution is 5.59. The minimum absolute atomic E-state index is 0.180. The number of hydrogen-bond donors (Lipinski definition) is 1. The maximum absolute atomic E-state index is 10.9. The molecule has 0 bridgehead atoms. The first kappa shape index (κ1) is 12.8. The highest BCUT2D eigenvalue weighted by Crippen LogP contribution is 2.25. The molecule has 1 fully saturated rings. The van der Waals surface area contributed by atoms with Crippen LogP contribution in [-0.4, -0.2) is 36.0 Å². The van der Waals surface area contributed by atoms with Gasteiger partial charge in [0.25, 0.3) is 5.69 Å². The Labute approximate surface area is 107 Å². The quantitative estimate of drug-likeness (QED) is 0.657. The molecule has 5 heteroatoms. The van der Waals surface area contributed by atoms with Crippen LogP contribution in [0.15, 0.2) is 18.2 Å². The summed E-state index contributed by atoms with van der Waals surface area (Å²) in [6, 6.07) is 5.70. The van der Waals surface area contributed by atoms with Gasteiger partial charge in [-0.05, 0) is 39.4 Å². The Bertz CT molecular complexity index is 448. The third-order valence-electron chi connectivity index (χ3n) is 3.70. The van der Waals surface area contributed by atoms with Gasteiger partial charge in [0.1, 0.15) is 0 Å². The van der Waals surface area contributed by atoms with Gasteiger partial charge >= 0.3 is 0 Å². The minimum Gasteiger partial charge on any atom is -0.383 e. The third-order valence-corrected chi connectivity index (χ3v) is 3.70. The monoisotopic (exact) mass is 249 g/mol. The summed E-state index contributed by atoms with van der Waals surface area (Å²) >= 11 is 0. The van der Waals surface area contributed by atoms with Crippen molar-refractivity contribution in [2.75, 3.05) is 25.5 Å². The van der Waals surface area contributed by atoms with Crippen molar-refractivity contribution in [1.29, 1.82) is 0 Å². The predicted octanol–water partition coefficient (Wildman–Crippen LogP) is 2.41. The molecule has 1 N–H and O–H groups in total. The normalized spacial score (nSPS) is 20.0. The second-order valence-corrected chi connectivity index (χ2v) is 4.86. The van der Waals surface area contributed by atoms with E-state index in [9.17, 15) is 10.1 Å². The lowest BCUT2D eigenvalue weighted by Gasteiger charge is -2.20. The van der Waals surface area contributed by atoms with Crippen molar-refractivity contribution in [1.82, 2.24) is 4.90 Å². The zero-order chi connectivity index (χ0) is 13.1. The number of nitrogens with zero attached hydrogens (tertiary/aromatic N) is 2. The number of nitrogens with one attached hydrogen (secondary N) is 1. The number of nitro groups is 1. The molecule has 18 heavy (non-hydrogen) atoms. The third kappa shape index (κ3) is 2.61. The molecular formula is C13H19N3O2. The summed E-state index contributed by atoms with van der Waals surface area (Å²) in [5.74, 6) is 0. The van der Waals surface area contributed by atoms with Crippen LogP contribution in [0.1, 0.15) is 18.4 Å². The summed E-state index contributed by atoms with van der Waals surface area (Å²) in [5.41, 5.74) is 1.76. The molecule has 5 nitrogen and oxygen atoms in total. The van der Waals surface area contributed by atoms with E-state index >= 15 is 0 Å². The fraction of sp³-hybridized carbons (Fsp3) is 0.538. The molecule has 1 aromatic rings. The average molecular weight is 249 g/mol. The summed E-state index contributed by atoms with van der Waals surface area (Å²) in [6.07, 6.45) is 2.42. The first-order valence-corrected chi connectivity index (χ1v) is 6.27. The van der Waals surface area contributed by atoms with Gasteiger partial charge in [0.15, 0.2) is 0 Å². The van der Waals surface area contributed by atoms with E-state index in [1.54, 1.807) is 19.1 Å². The van der Waals surface area contributed by atoms with Gasteiger partial charge in [-0.15, -0.1) is 0 Å². The molecule has 1 aromatic carbocycles. The number of hydrogen-bond acceptors (Lipinski definition) is 4. The lowest BCUT2D eigenvalue weighted by Crippen LogP contribution is -2.31. The number of rotatable bonds is 4. The molecule has 1 saturated heterocycles. The van der Waals surface area contributed by atoms with Gasteiger partial charge in [-0.3, -0.25) is 10.1 Å². The van der Waals surface area contributed by atoms with Crippen LogP contribution in [-0.2, 0) is 0 Å². The zero-order valence-electron chi connectivity index (χ0n) is 10.8. The first-order valence-electron chi connectivity index (χ1n) is 6.27. The molecule has 1 aliphatic heterocycles. The molecular weight excluding hydrogens is 230 g/mol. The number of anilines is 1. The number of nitro benzene ring substituents is 1. The van der Waals surface area contributed by atoms with Crippen molar-refractivity contribution >= 4 is 11.4 Å². The second kappa shape index (κ2) is 5.35. The van der Waals surface area contributed by atoms with Crippen LogP contribution in [0.2, 0.25) is 0 Å². The van der Waals surface area contributed by atoms with Crippen LogP contribution >= 0.6 is 0 Å². The van der Waals surface area contributed by atoms with Crippen molar-refractivity contribution in [3.63, 3.8) is 0 Å². The van der Waals surface area contributed by atoms with Gasteiger partial charge in [0.2, 0.25) is 0 Å². The van der Waals surface area contributed by atoms with E-state index < -0.39 is 0 Å². The smallest absolute Gasteiger partial charge is 0.274 e. The topological polar surface area (TPSA) is 58.4 Å². The molecule has 98 valence electrons. The Morgan fingerprint density at radius 3 is 2.94 bits per heavy atom. The highest BCUT2D eigenvalue weighted by atomic mass is 16.6. The van der Waals surface area contributed by atoms with E-state index in [-0.39, 0.29) is 10.6 Å². The van der Waals surface area contributed by atoms with Crippen LogP contribution in [0.25, 0.3) is 0 Å². The molecule has 0 spiro atoms. The molecule has 0 aromatic heterocycles. The first-order chi connectivity index (χ1) is 8.59. The second-order valence-electron chi connectivity index (χ2n) is 4.86. The largest absolute Gasteiger partial charge is 0.383 e. The van der Waals surface area contributed by atoms with E-state index in [1.807, 2.05) is 6.07 Å². The summed E-state index contributed by atoms with van der Waals surface area (Å²) in [7, 11) is 2.12. The van der Waals surface area contributed by atoms with Crippen LogP contribution in [0.4, 0.5) is 11.4 Å². The molecule has 2 rings (SSSR count). The molecule has 0 radical (unpaired) electrons. The van der Waals surface area contributed by atoms with Crippen molar-refractivity contribution in [2.45, 2.75) is 25.8 Å². The van der Waals surface area contributed by atoms with Crippen molar-refractivity contribution in [3.05, 3.63) is 33.9 Å². The lowest BCUT2D eigenvalue weighted by molar-refractivity contribution is -0.385. The van der Waals surface area contributed by atoms with E-state index in [0.29, 0.717) is 11.6 Å². The molecule has 0 amide bonds. The van der Waals surface area contributed by atoms with Gasteiger partial charge < -0.3 is 10.2 Å². The van der Waals surface area contributed by atoms with Crippen LogP contribution < -0.4 is 5.32 Å². The van der Waals surface area contributed by atoms with Crippen molar-refractivity contribution < 1.29 is 4.92 Å². The zero-order valence-corrected chi connectivity index (χ0v) is 10.8. The number of benzene rings is 1. The Morgan fingerprint density at radius 2 is 2.33 bits per heavy atom. The maximum Gasteiger partial charge on any atom is 0.274 e. The molecule has 0 aliphatic carbocycles. The van der Waals surface area contributed by atoms with E-state index in [0.717, 1.165) is 18.8 Å². The van der Waals surface area contributed by atoms with Gasteiger partial charge in [0.05, 0.1) is 4.92 Å². The molecule has 1 heterocycles. The van der Waals surface area contributed by atoms with Crippen molar-refractivity contribution in [3.8, 4) is 0 Å². The minimum atomic E-state index is -0.331. The summed E-state index contributed by atoms with van der Waals surface area (Å²) < 4.78 is 0. The molecule has 0 saturated carbocycles. The Kier molecular flexibility index (Phi) is 3.81. The van der Waals surface area contributed by atoms with Crippen LogP contribution in [0.3, 0.4) is 0 Å². The Balaban J connectivity index is 2.05.